The van der Waals surface area contributed by atoms with E-state index in [1.807, 2.05) is 0 Å². The van der Waals surface area contributed by atoms with Crippen molar-refractivity contribution in [1.29, 1.82) is 0 Å². The third kappa shape index (κ3) is 5.48. The smallest absolute Gasteiger partial charge is 0.225 e. The van der Waals surface area contributed by atoms with E-state index in [0.29, 0.717) is 0 Å². The number of nitrogens with two attached hydrogens (primary N) is 1. The SMILES string of the molecule is C[C@H](NC(=O)C(C)(C)C)C(=O)CCC(N)=O. The summed E-state index contributed by atoms with van der Waals surface area (Å²) < 4.78 is 0. The fraction of sp³-hybridized carbons (Fsp3) is 0.727. The summed E-state index contributed by atoms with van der Waals surface area (Å²) in [5.74, 6) is -0.883. The third-order valence-electron chi connectivity index (χ3n) is 2.13. The van der Waals surface area contributed by atoms with Crippen molar-refractivity contribution in [2.45, 2.75) is 46.6 Å². The zero-order chi connectivity index (χ0) is 12.9. The van der Waals surface area contributed by atoms with Gasteiger partial charge >= 0.3 is 0 Å². The molecule has 0 aliphatic carbocycles. The van der Waals surface area contributed by atoms with Gasteiger partial charge in [-0.15, -0.1) is 0 Å². The zero-order valence-electron chi connectivity index (χ0n) is 10.3. The van der Waals surface area contributed by atoms with Crippen molar-refractivity contribution in [3.05, 3.63) is 0 Å². The number of carbonyl (C=O) groups is 3. The minimum Gasteiger partial charge on any atom is -0.370 e. The molecule has 0 bridgehead atoms. The molecule has 0 radical (unpaired) electrons. The molecule has 0 rings (SSSR count). The fourth-order valence-corrected chi connectivity index (χ4v) is 0.957. The van der Waals surface area contributed by atoms with Crippen molar-refractivity contribution in [2.75, 3.05) is 0 Å². The summed E-state index contributed by atoms with van der Waals surface area (Å²) in [7, 11) is 0. The molecular formula is C11H20N2O3. The largest absolute Gasteiger partial charge is 0.370 e. The van der Waals surface area contributed by atoms with Gasteiger partial charge in [-0.3, -0.25) is 14.4 Å². The Morgan fingerprint density at radius 3 is 2.06 bits per heavy atom. The maximum atomic E-state index is 11.6. The molecule has 0 aromatic rings. The van der Waals surface area contributed by atoms with E-state index in [1.54, 1.807) is 27.7 Å². The molecule has 5 nitrogen and oxygen atoms in total. The minimum atomic E-state index is -0.578. The van der Waals surface area contributed by atoms with Crippen LogP contribution in [0.4, 0.5) is 0 Å². The van der Waals surface area contributed by atoms with Crippen LogP contribution in [-0.2, 0) is 14.4 Å². The molecule has 0 saturated carbocycles. The second kappa shape index (κ2) is 5.63. The molecule has 3 N–H and O–H groups in total. The Bertz CT molecular complexity index is 292. The van der Waals surface area contributed by atoms with Gasteiger partial charge in [0.25, 0.3) is 0 Å². The van der Waals surface area contributed by atoms with E-state index in [2.05, 4.69) is 5.32 Å². The van der Waals surface area contributed by atoms with Crippen LogP contribution in [0.2, 0.25) is 0 Å². The summed E-state index contributed by atoms with van der Waals surface area (Å²) in [6, 6.07) is -0.578. The van der Waals surface area contributed by atoms with E-state index in [0.717, 1.165) is 0 Å². The predicted molar refractivity (Wildman–Crippen MR) is 60.5 cm³/mol. The Hall–Kier alpha value is -1.39. The molecule has 92 valence electrons. The van der Waals surface area contributed by atoms with Crippen LogP contribution in [0.1, 0.15) is 40.5 Å². The van der Waals surface area contributed by atoms with Crippen molar-refractivity contribution in [3.8, 4) is 0 Å². The molecule has 0 aromatic carbocycles. The zero-order valence-corrected chi connectivity index (χ0v) is 10.3. The standard InChI is InChI=1S/C11H20N2O3/c1-7(8(14)5-6-9(12)15)13-10(16)11(2,3)4/h7H,5-6H2,1-4H3,(H2,12,15)(H,13,16)/t7-/m0/s1. The Kier molecular flexibility index (Phi) is 5.14. The minimum absolute atomic E-state index is 0.0224. The van der Waals surface area contributed by atoms with Crippen LogP contribution in [0.15, 0.2) is 0 Å². The van der Waals surface area contributed by atoms with Gasteiger partial charge in [0.2, 0.25) is 11.8 Å². The number of hydrogen-bond donors (Lipinski definition) is 2. The van der Waals surface area contributed by atoms with Crippen LogP contribution in [0, 0.1) is 5.41 Å². The van der Waals surface area contributed by atoms with Gasteiger partial charge in [0.05, 0.1) is 6.04 Å². The van der Waals surface area contributed by atoms with E-state index in [1.165, 1.54) is 0 Å². The van der Waals surface area contributed by atoms with E-state index in [4.69, 9.17) is 5.73 Å². The molecular weight excluding hydrogens is 208 g/mol. The molecule has 16 heavy (non-hydrogen) atoms. The van der Waals surface area contributed by atoms with Crippen LogP contribution in [0.3, 0.4) is 0 Å². The molecule has 2 amide bonds. The number of carbonyl (C=O) groups excluding carboxylic acids is 3. The molecule has 0 aromatic heterocycles. The number of rotatable bonds is 5. The maximum Gasteiger partial charge on any atom is 0.225 e. The number of amides is 2. The predicted octanol–water partition coefficient (Wildman–Crippen LogP) is 0.372. The molecule has 0 heterocycles. The van der Waals surface area contributed by atoms with E-state index >= 15 is 0 Å². The van der Waals surface area contributed by atoms with E-state index in [9.17, 15) is 14.4 Å². The first-order valence-electron chi connectivity index (χ1n) is 5.26. The lowest BCUT2D eigenvalue weighted by molar-refractivity contribution is -0.132. The summed E-state index contributed by atoms with van der Waals surface area (Å²) in [6.07, 6.45) is 0.0927. The first-order chi connectivity index (χ1) is 7.14. The lowest BCUT2D eigenvalue weighted by atomic mass is 9.95. The summed E-state index contributed by atoms with van der Waals surface area (Å²) in [5, 5.41) is 2.60. The second-order valence-electron chi connectivity index (χ2n) is 4.88. The molecule has 0 fully saturated rings. The summed E-state index contributed by atoms with van der Waals surface area (Å²) in [6.45, 7) is 6.90. The van der Waals surface area contributed by atoms with Gasteiger partial charge in [0, 0.05) is 18.3 Å². The van der Waals surface area contributed by atoms with Crippen molar-refractivity contribution in [2.24, 2.45) is 11.1 Å². The van der Waals surface area contributed by atoms with E-state index < -0.39 is 17.4 Å². The summed E-state index contributed by atoms with van der Waals surface area (Å²) in [5.41, 5.74) is 4.40. The van der Waals surface area contributed by atoms with Crippen LogP contribution in [-0.4, -0.2) is 23.6 Å². The number of primary amides is 1. The number of hydrogen-bond acceptors (Lipinski definition) is 3. The summed E-state index contributed by atoms with van der Waals surface area (Å²) >= 11 is 0. The van der Waals surface area contributed by atoms with Crippen LogP contribution in [0.5, 0.6) is 0 Å². The van der Waals surface area contributed by atoms with Gasteiger partial charge < -0.3 is 11.1 Å². The Labute approximate surface area is 95.8 Å². The second-order valence-corrected chi connectivity index (χ2v) is 4.88. The molecule has 0 saturated heterocycles. The normalized spacial score (nSPS) is 13.0. The number of nitrogens with one attached hydrogen (secondary N) is 1. The number of Topliss-reactive ketones (excluding diaryl/α,β-unsaturated/α-hetero) is 1. The monoisotopic (exact) mass is 228 g/mol. The molecule has 5 heteroatoms. The fourth-order valence-electron chi connectivity index (χ4n) is 0.957. The highest BCUT2D eigenvalue weighted by atomic mass is 16.2. The van der Waals surface area contributed by atoms with Crippen molar-refractivity contribution in [3.63, 3.8) is 0 Å². The molecule has 0 spiro atoms. The highest BCUT2D eigenvalue weighted by Crippen LogP contribution is 2.13. The Morgan fingerprint density at radius 1 is 1.19 bits per heavy atom. The molecule has 0 aliphatic rings. The van der Waals surface area contributed by atoms with Crippen molar-refractivity contribution < 1.29 is 14.4 Å². The van der Waals surface area contributed by atoms with Crippen LogP contribution >= 0.6 is 0 Å². The Balaban J connectivity index is 4.16. The molecule has 1 atom stereocenters. The Morgan fingerprint density at radius 2 is 1.69 bits per heavy atom. The van der Waals surface area contributed by atoms with Crippen molar-refractivity contribution >= 4 is 17.6 Å². The molecule has 0 unspecified atom stereocenters. The van der Waals surface area contributed by atoms with Crippen LogP contribution < -0.4 is 11.1 Å². The topological polar surface area (TPSA) is 89.3 Å². The molecule has 0 aliphatic heterocycles. The lowest BCUT2D eigenvalue weighted by Crippen LogP contribution is -2.44. The van der Waals surface area contributed by atoms with Gasteiger partial charge in [-0.25, -0.2) is 0 Å². The number of ketones is 1. The first kappa shape index (κ1) is 14.6. The van der Waals surface area contributed by atoms with Gasteiger partial charge in [-0.2, -0.15) is 0 Å². The van der Waals surface area contributed by atoms with Gasteiger partial charge in [-0.1, -0.05) is 20.8 Å². The average Bonchev–Trinajstić information content (AvgIpc) is 2.12. The maximum absolute atomic E-state index is 11.6. The highest BCUT2D eigenvalue weighted by molar-refractivity contribution is 5.92. The quantitative estimate of drug-likeness (QED) is 0.712. The first-order valence-corrected chi connectivity index (χ1v) is 5.26. The third-order valence-corrected chi connectivity index (χ3v) is 2.13. The van der Waals surface area contributed by atoms with E-state index in [-0.39, 0.29) is 24.5 Å². The van der Waals surface area contributed by atoms with Gasteiger partial charge in [-0.05, 0) is 6.92 Å². The van der Waals surface area contributed by atoms with Gasteiger partial charge in [0.15, 0.2) is 5.78 Å². The average molecular weight is 228 g/mol. The lowest BCUT2D eigenvalue weighted by Gasteiger charge is -2.21. The van der Waals surface area contributed by atoms with Crippen molar-refractivity contribution in [1.82, 2.24) is 5.32 Å². The summed E-state index contributed by atoms with van der Waals surface area (Å²) in [4.78, 5) is 33.5. The highest BCUT2D eigenvalue weighted by Gasteiger charge is 2.24. The van der Waals surface area contributed by atoms with Crippen LogP contribution in [0.25, 0.3) is 0 Å². The van der Waals surface area contributed by atoms with Gasteiger partial charge in [0.1, 0.15) is 0 Å².